The molecule has 0 aromatic carbocycles. The second kappa shape index (κ2) is 5.62. The lowest BCUT2D eigenvalue weighted by atomic mass is 10.3. The number of aryl methyl sites for hydroxylation is 1. The number of hydrogen-bond acceptors (Lipinski definition) is 4. The second-order valence-corrected chi connectivity index (χ2v) is 4.97. The van der Waals surface area contributed by atoms with Crippen LogP contribution < -0.4 is 10.6 Å². The smallest absolute Gasteiger partial charge is 0.325 e. The molecule has 0 spiro atoms. The van der Waals surface area contributed by atoms with Crippen LogP contribution in [0, 0.1) is 6.92 Å². The van der Waals surface area contributed by atoms with Gasteiger partial charge in [-0.15, -0.1) is 11.3 Å². The summed E-state index contributed by atoms with van der Waals surface area (Å²) in [4.78, 5) is 27.2. The highest BCUT2D eigenvalue weighted by Crippen LogP contribution is 2.18. The molecule has 1 heterocycles. The van der Waals surface area contributed by atoms with Crippen molar-refractivity contribution in [2.75, 3.05) is 0 Å². The fourth-order valence-electron chi connectivity index (χ4n) is 1.13. The van der Waals surface area contributed by atoms with Gasteiger partial charge >= 0.3 is 12.0 Å². The van der Waals surface area contributed by atoms with Crippen LogP contribution in [-0.4, -0.2) is 28.1 Å². The lowest BCUT2D eigenvalue weighted by Gasteiger charge is -2.14. The van der Waals surface area contributed by atoms with Crippen molar-refractivity contribution in [1.82, 2.24) is 15.6 Å². The van der Waals surface area contributed by atoms with Gasteiger partial charge in [0.2, 0.25) is 0 Å². The molecule has 1 rings (SSSR count). The van der Waals surface area contributed by atoms with Crippen LogP contribution in [0.1, 0.15) is 29.8 Å². The number of hydrogen-bond donors (Lipinski definition) is 3. The number of aliphatic carboxylic acids is 1. The van der Waals surface area contributed by atoms with Crippen molar-refractivity contribution in [3.63, 3.8) is 0 Å². The van der Waals surface area contributed by atoms with Gasteiger partial charge in [0.05, 0.1) is 6.04 Å². The predicted molar refractivity (Wildman–Crippen MR) is 64.0 cm³/mol. The van der Waals surface area contributed by atoms with Crippen LogP contribution in [0.4, 0.5) is 4.79 Å². The number of aromatic nitrogens is 1. The van der Waals surface area contributed by atoms with Crippen LogP contribution in [0.15, 0.2) is 6.20 Å². The van der Waals surface area contributed by atoms with Gasteiger partial charge in [-0.2, -0.15) is 0 Å². The molecule has 0 saturated carbocycles. The first-order chi connectivity index (χ1) is 7.90. The number of carboxylic acid groups (broad SMARTS) is 1. The van der Waals surface area contributed by atoms with E-state index in [1.807, 2.05) is 6.92 Å². The standard InChI is InChI=1S/C10H15N3O3S/c1-5-4-11-8(17-5)6(2)12-10(16)13-7(3)9(14)15/h4,6-7H,1-3H3,(H,14,15)(H2,12,13,16)/t6?,7-/m0/s1. The maximum atomic E-state index is 11.4. The molecular formula is C10H15N3O3S. The van der Waals surface area contributed by atoms with E-state index in [-0.39, 0.29) is 6.04 Å². The molecule has 1 unspecified atom stereocenters. The molecule has 6 nitrogen and oxygen atoms in total. The lowest BCUT2D eigenvalue weighted by molar-refractivity contribution is -0.138. The molecule has 1 aromatic heterocycles. The maximum absolute atomic E-state index is 11.4. The largest absolute Gasteiger partial charge is 0.480 e. The summed E-state index contributed by atoms with van der Waals surface area (Å²) >= 11 is 1.49. The summed E-state index contributed by atoms with van der Waals surface area (Å²) in [6, 6.07) is -1.67. The molecule has 0 aliphatic rings. The summed E-state index contributed by atoms with van der Waals surface area (Å²) in [6.45, 7) is 5.13. The minimum Gasteiger partial charge on any atom is -0.480 e. The zero-order valence-corrected chi connectivity index (χ0v) is 10.7. The molecule has 94 valence electrons. The van der Waals surface area contributed by atoms with Crippen LogP contribution in [0.25, 0.3) is 0 Å². The third kappa shape index (κ3) is 4.03. The van der Waals surface area contributed by atoms with Crippen LogP contribution in [-0.2, 0) is 4.79 Å². The van der Waals surface area contributed by atoms with E-state index >= 15 is 0 Å². The average molecular weight is 257 g/mol. The van der Waals surface area contributed by atoms with Gasteiger partial charge in [0.15, 0.2) is 0 Å². The highest BCUT2D eigenvalue weighted by molar-refractivity contribution is 7.11. The Morgan fingerprint density at radius 2 is 2.06 bits per heavy atom. The quantitative estimate of drug-likeness (QED) is 0.757. The number of thiazole rings is 1. The normalized spacial score (nSPS) is 13.8. The molecule has 17 heavy (non-hydrogen) atoms. The summed E-state index contributed by atoms with van der Waals surface area (Å²) in [6.07, 6.45) is 1.73. The van der Waals surface area contributed by atoms with Gasteiger partial charge < -0.3 is 15.7 Å². The minimum atomic E-state index is -1.07. The van der Waals surface area contributed by atoms with Crippen molar-refractivity contribution in [2.45, 2.75) is 32.9 Å². The van der Waals surface area contributed by atoms with Crippen LogP contribution >= 0.6 is 11.3 Å². The molecule has 7 heteroatoms. The zero-order chi connectivity index (χ0) is 13.0. The van der Waals surface area contributed by atoms with Gasteiger partial charge in [-0.1, -0.05) is 0 Å². The fraction of sp³-hybridized carbons (Fsp3) is 0.500. The zero-order valence-electron chi connectivity index (χ0n) is 9.85. The number of carbonyl (C=O) groups excluding carboxylic acids is 1. The van der Waals surface area contributed by atoms with E-state index in [0.717, 1.165) is 9.88 Å². The molecule has 2 amide bonds. The van der Waals surface area contributed by atoms with E-state index in [9.17, 15) is 9.59 Å². The summed E-state index contributed by atoms with van der Waals surface area (Å²) in [7, 11) is 0. The van der Waals surface area contributed by atoms with Crippen molar-refractivity contribution >= 4 is 23.3 Å². The third-order valence-electron chi connectivity index (χ3n) is 2.08. The SMILES string of the molecule is Cc1cnc(C(C)NC(=O)N[C@@H](C)C(=O)O)s1. The van der Waals surface area contributed by atoms with Gasteiger partial charge in [0.25, 0.3) is 0 Å². The monoisotopic (exact) mass is 257 g/mol. The van der Waals surface area contributed by atoms with Crippen molar-refractivity contribution in [1.29, 1.82) is 0 Å². The van der Waals surface area contributed by atoms with E-state index in [1.54, 1.807) is 13.1 Å². The molecule has 0 bridgehead atoms. The topological polar surface area (TPSA) is 91.3 Å². The first kappa shape index (κ1) is 13.4. The Bertz CT molecular complexity index is 419. The first-order valence-corrected chi connectivity index (χ1v) is 5.94. The van der Waals surface area contributed by atoms with Crippen LogP contribution in [0.3, 0.4) is 0 Å². The number of rotatable bonds is 4. The predicted octanol–water partition coefficient (Wildman–Crippen LogP) is 1.28. The second-order valence-electron chi connectivity index (χ2n) is 3.71. The summed E-state index contributed by atoms with van der Waals surface area (Å²) < 4.78 is 0. The molecule has 0 saturated heterocycles. The van der Waals surface area contributed by atoms with Crippen molar-refractivity contribution in [3.05, 3.63) is 16.1 Å². The molecular weight excluding hydrogens is 242 g/mol. The van der Waals surface area contributed by atoms with E-state index in [2.05, 4.69) is 15.6 Å². The molecule has 0 radical (unpaired) electrons. The average Bonchev–Trinajstić information content (AvgIpc) is 2.64. The fourth-order valence-corrected chi connectivity index (χ4v) is 1.91. The van der Waals surface area contributed by atoms with Crippen molar-refractivity contribution < 1.29 is 14.7 Å². The van der Waals surface area contributed by atoms with Gasteiger partial charge in [-0.05, 0) is 20.8 Å². The Morgan fingerprint density at radius 3 is 2.53 bits per heavy atom. The molecule has 1 aromatic rings. The maximum Gasteiger partial charge on any atom is 0.325 e. The summed E-state index contributed by atoms with van der Waals surface area (Å²) in [5.74, 6) is -1.07. The van der Waals surface area contributed by atoms with Gasteiger partial charge in [0.1, 0.15) is 11.0 Å². The number of nitrogens with zero attached hydrogens (tertiary/aromatic N) is 1. The third-order valence-corrected chi connectivity index (χ3v) is 3.17. The Hall–Kier alpha value is -1.63. The van der Waals surface area contributed by atoms with Gasteiger partial charge in [-0.3, -0.25) is 4.79 Å². The molecule has 3 N–H and O–H groups in total. The summed E-state index contributed by atoms with van der Waals surface area (Å²) in [5, 5.41) is 14.4. The van der Waals surface area contributed by atoms with Crippen LogP contribution in [0.5, 0.6) is 0 Å². The highest BCUT2D eigenvalue weighted by Gasteiger charge is 2.17. The number of nitrogens with one attached hydrogen (secondary N) is 2. The molecule has 2 atom stereocenters. The highest BCUT2D eigenvalue weighted by atomic mass is 32.1. The first-order valence-electron chi connectivity index (χ1n) is 5.12. The van der Waals surface area contributed by atoms with Gasteiger partial charge in [0, 0.05) is 11.1 Å². The van der Waals surface area contributed by atoms with Crippen LogP contribution in [0.2, 0.25) is 0 Å². The van der Waals surface area contributed by atoms with E-state index in [0.29, 0.717) is 0 Å². The molecule has 0 fully saturated rings. The van der Waals surface area contributed by atoms with Crippen molar-refractivity contribution in [2.24, 2.45) is 0 Å². The minimum absolute atomic E-state index is 0.241. The lowest BCUT2D eigenvalue weighted by Crippen LogP contribution is -2.45. The number of amides is 2. The molecule has 0 aliphatic heterocycles. The number of urea groups is 1. The Morgan fingerprint density at radius 1 is 1.41 bits per heavy atom. The molecule has 0 aliphatic carbocycles. The van der Waals surface area contributed by atoms with E-state index in [1.165, 1.54) is 18.3 Å². The Balaban J connectivity index is 2.49. The summed E-state index contributed by atoms with van der Waals surface area (Å²) in [5.41, 5.74) is 0. The van der Waals surface area contributed by atoms with E-state index in [4.69, 9.17) is 5.11 Å². The van der Waals surface area contributed by atoms with Crippen molar-refractivity contribution in [3.8, 4) is 0 Å². The van der Waals surface area contributed by atoms with E-state index < -0.39 is 18.0 Å². The number of carboxylic acids is 1. The Kier molecular flexibility index (Phi) is 4.45. The number of carbonyl (C=O) groups is 2. The van der Waals surface area contributed by atoms with Gasteiger partial charge in [-0.25, -0.2) is 9.78 Å². The Labute approximate surface area is 103 Å².